The molecule has 0 fully saturated rings. The van der Waals surface area contributed by atoms with E-state index in [9.17, 15) is 4.79 Å². The van der Waals surface area contributed by atoms with Gasteiger partial charge in [0.2, 0.25) is 0 Å². The fourth-order valence-electron chi connectivity index (χ4n) is 2.81. The minimum Gasteiger partial charge on any atom is -0.495 e. The van der Waals surface area contributed by atoms with Crippen molar-refractivity contribution in [3.8, 4) is 22.0 Å². The Kier molecular flexibility index (Phi) is 5.14. The van der Waals surface area contributed by atoms with Crippen LogP contribution in [0.4, 0.5) is 5.69 Å². The SMILES string of the molecule is COc1ccccc1NC(=O)c1cn(-c2ccccc2)nc1-c1ccc(Cl)s1. The number of benzene rings is 2. The maximum atomic E-state index is 13.1. The summed E-state index contributed by atoms with van der Waals surface area (Å²) in [4.78, 5) is 13.9. The number of methoxy groups -OCH3 is 1. The van der Waals surface area contributed by atoms with E-state index in [0.29, 0.717) is 27.0 Å². The molecule has 0 radical (unpaired) electrons. The molecule has 2 heterocycles. The van der Waals surface area contributed by atoms with Crippen LogP contribution in [-0.2, 0) is 0 Å². The van der Waals surface area contributed by atoms with Gasteiger partial charge < -0.3 is 10.1 Å². The highest BCUT2D eigenvalue weighted by Crippen LogP contribution is 2.33. The molecule has 28 heavy (non-hydrogen) atoms. The van der Waals surface area contributed by atoms with E-state index in [0.717, 1.165) is 10.6 Å². The van der Waals surface area contributed by atoms with Gasteiger partial charge in [-0.1, -0.05) is 41.9 Å². The van der Waals surface area contributed by atoms with E-state index < -0.39 is 0 Å². The first-order valence-corrected chi connectivity index (χ1v) is 9.70. The van der Waals surface area contributed by atoms with Crippen molar-refractivity contribution in [3.63, 3.8) is 0 Å². The van der Waals surface area contributed by atoms with E-state index in [4.69, 9.17) is 16.3 Å². The van der Waals surface area contributed by atoms with Crippen LogP contribution in [-0.4, -0.2) is 22.8 Å². The van der Waals surface area contributed by atoms with Gasteiger partial charge in [-0.25, -0.2) is 4.68 Å². The second kappa shape index (κ2) is 7.88. The van der Waals surface area contributed by atoms with Gasteiger partial charge in [-0.2, -0.15) is 5.10 Å². The van der Waals surface area contributed by atoms with Crippen molar-refractivity contribution in [3.05, 3.63) is 82.8 Å². The number of amides is 1. The molecule has 0 unspecified atom stereocenters. The number of halogens is 1. The highest BCUT2D eigenvalue weighted by molar-refractivity contribution is 7.19. The molecule has 7 heteroatoms. The molecule has 0 aliphatic carbocycles. The van der Waals surface area contributed by atoms with Gasteiger partial charge in [-0.15, -0.1) is 11.3 Å². The van der Waals surface area contributed by atoms with Gasteiger partial charge >= 0.3 is 0 Å². The van der Waals surface area contributed by atoms with Crippen molar-refractivity contribution < 1.29 is 9.53 Å². The molecule has 0 saturated heterocycles. The van der Waals surface area contributed by atoms with Gasteiger partial charge in [-0.05, 0) is 36.4 Å². The third kappa shape index (κ3) is 3.65. The minimum absolute atomic E-state index is 0.272. The second-order valence-electron chi connectivity index (χ2n) is 5.93. The summed E-state index contributed by atoms with van der Waals surface area (Å²) in [5.74, 6) is 0.318. The van der Waals surface area contributed by atoms with Gasteiger partial charge in [0.05, 0.1) is 33.3 Å². The first-order chi connectivity index (χ1) is 13.7. The number of thiophene rings is 1. The fraction of sp³-hybridized carbons (Fsp3) is 0.0476. The Hall–Kier alpha value is -3.09. The first kappa shape index (κ1) is 18.3. The number of rotatable bonds is 5. The predicted octanol–water partition coefficient (Wildman–Crippen LogP) is 5.52. The lowest BCUT2D eigenvalue weighted by molar-refractivity contribution is 0.102. The number of para-hydroxylation sites is 3. The summed E-state index contributed by atoms with van der Waals surface area (Å²) >= 11 is 7.48. The zero-order valence-corrected chi connectivity index (χ0v) is 16.5. The quantitative estimate of drug-likeness (QED) is 0.472. The molecular weight excluding hydrogens is 394 g/mol. The molecule has 4 rings (SSSR count). The highest BCUT2D eigenvalue weighted by atomic mass is 35.5. The Labute approximate surface area is 171 Å². The van der Waals surface area contributed by atoms with E-state index in [2.05, 4.69) is 10.4 Å². The third-order valence-electron chi connectivity index (χ3n) is 4.14. The number of hydrogen-bond acceptors (Lipinski definition) is 4. The van der Waals surface area contributed by atoms with Gasteiger partial charge in [-0.3, -0.25) is 4.79 Å². The van der Waals surface area contributed by atoms with E-state index in [-0.39, 0.29) is 5.91 Å². The predicted molar refractivity (Wildman–Crippen MR) is 113 cm³/mol. The van der Waals surface area contributed by atoms with Crippen LogP contribution in [0.5, 0.6) is 5.75 Å². The lowest BCUT2D eigenvalue weighted by Crippen LogP contribution is -2.13. The van der Waals surface area contributed by atoms with Crippen molar-refractivity contribution in [1.29, 1.82) is 0 Å². The normalized spacial score (nSPS) is 10.6. The van der Waals surface area contributed by atoms with Crippen molar-refractivity contribution in [1.82, 2.24) is 9.78 Å². The summed E-state index contributed by atoms with van der Waals surface area (Å²) in [5, 5.41) is 7.56. The highest BCUT2D eigenvalue weighted by Gasteiger charge is 2.21. The Morgan fingerprint density at radius 2 is 1.82 bits per heavy atom. The van der Waals surface area contributed by atoms with Crippen LogP contribution in [0.2, 0.25) is 4.34 Å². The lowest BCUT2D eigenvalue weighted by Gasteiger charge is -2.09. The maximum absolute atomic E-state index is 13.1. The summed E-state index contributed by atoms with van der Waals surface area (Å²) < 4.78 is 7.66. The van der Waals surface area contributed by atoms with Crippen molar-refractivity contribution in [2.24, 2.45) is 0 Å². The van der Waals surface area contributed by atoms with Crippen LogP contribution in [0.3, 0.4) is 0 Å². The van der Waals surface area contributed by atoms with E-state index in [1.807, 2.05) is 48.5 Å². The topological polar surface area (TPSA) is 56.1 Å². The zero-order chi connectivity index (χ0) is 19.5. The molecule has 0 atom stereocenters. The number of carbonyl (C=O) groups is 1. The molecule has 0 aliphatic rings. The van der Waals surface area contributed by atoms with Gasteiger partial charge in [0, 0.05) is 6.20 Å². The van der Waals surface area contributed by atoms with E-state index in [1.165, 1.54) is 11.3 Å². The number of anilines is 1. The monoisotopic (exact) mass is 409 g/mol. The summed E-state index contributed by atoms with van der Waals surface area (Å²) in [7, 11) is 1.57. The van der Waals surface area contributed by atoms with E-state index >= 15 is 0 Å². The average Bonchev–Trinajstić information content (AvgIpc) is 3.35. The molecule has 2 aromatic carbocycles. The first-order valence-electron chi connectivity index (χ1n) is 8.51. The standard InChI is InChI=1S/C21H16ClN3O2S/c1-27-17-10-6-5-9-16(17)23-21(26)15-13-25(14-7-3-2-4-8-14)24-20(15)18-11-12-19(22)28-18/h2-13H,1H3,(H,23,26). The minimum atomic E-state index is -0.272. The average molecular weight is 410 g/mol. The Morgan fingerprint density at radius 1 is 1.07 bits per heavy atom. The molecular formula is C21H16ClN3O2S. The largest absolute Gasteiger partial charge is 0.495 e. The number of nitrogens with zero attached hydrogens (tertiary/aromatic N) is 2. The smallest absolute Gasteiger partial charge is 0.259 e. The Bertz CT molecular complexity index is 1120. The lowest BCUT2D eigenvalue weighted by atomic mass is 10.2. The van der Waals surface area contributed by atoms with Crippen LogP contribution in [0.15, 0.2) is 72.9 Å². The van der Waals surface area contributed by atoms with Crippen molar-refractivity contribution in [2.75, 3.05) is 12.4 Å². The molecule has 0 aliphatic heterocycles. The molecule has 1 N–H and O–H groups in total. The van der Waals surface area contributed by atoms with E-state index in [1.54, 1.807) is 36.2 Å². The van der Waals surface area contributed by atoms with Gasteiger partial charge in [0.15, 0.2) is 0 Å². The second-order valence-corrected chi connectivity index (χ2v) is 7.64. The van der Waals surface area contributed by atoms with Crippen LogP contribution < -0.4 is 10.1 Å². The summed E-state index contributed by atoms with van der Waals surface area (Å²) in [6.07, 6.45) is 1.73. The Morgan fingerprint density at radius 3 is 2.54 bits per heavy atom. The number of carbonyl (C=O) groups excluding carboxylic acids is 1. The molecule has 0 bridgehead atoms. The molecule has 4 aromatic rings. The molecule has 1 amide bonds. The summed E-state index contributed by atoms with van der Waals surface area (Å²) in [6, 6.07) is 20.6. The van der Waals surface area contributed by atoms with Crippen molar-refractivity contribution >= 4 is 34.5 Å². The van der Waals surface area contributed by atoms with Crippen LogP contribution in [0.1, 0.15) is 10.4 Å². The summed E-state index contributed by atoms with van der Waals surface area (Å²) in [6.45, 7) is 0. The maximum Gasteiger partial charge on any atom is 0.259 e. The van der Waals surface area contributed by atoms with Crippen LogP contribution >= 0.6 is 22.9 Å². The van der Waals surface area contributed by atoms with Gasteiger partial charge in [0.1, 0.15) is 11.4 Å². The molecule has 0 saturated carbocycles. The number of nitrogens with one attached hydrogen (secondary N) is 1. The Balaban J connectivity index is 1.76. The molecule has 5 nitrogen and oxygen atoms in total. The number of hydrogen-bond donors (Lipinski definition) is 1. The third-order valence-corrected chi connectivity index (χ3v) is 5.38. The molecule has 0 spiro atoms. The number of aromatic nitrogens is 2. The zero-order valence-electron chi connectivity index (χ0n) is 14.9. The summed E-state index contributed by atoms with van der Waals surface area (Å²) in [5.41, 5.74) is 2.49. The number of ether oxygens (including phenoxy) is 1. The van der Waals surface area contributed by atoms with Crippen LogP contribution in [0, 0.1) is 0 Å². The molecule has 140 valence electrons. The molecule has 2 aromatic heterocycles. The fourth-order valence-corrected chi connectivity index (χ4v) is 3.86. The van der Waals surface area contributed by atoms with Crippen LogP contribution in [0.25, 0.3) is 16.3 Å². The van der Waals surface area contributed by atoms with Crippen molar-refractivity contribution in [2.45, 2.75) is 0 Å². The van der Waals surface area contributed by atoms with Gasteiger partial charge in [0.25, 0.3) is 5.91 Å².